The molecule has 2 aromatic rings. The fraction of sp³-hybridized carbons (Fsp3) is 0.438. The Morgan fingerprint density at radius 1 is 1.21 bits per heavy atom. The standard InChI is InChI=1S/C16H22N2O/c1-5-11(2)14-6-8-15(9-7-14)17-10-16-12(3)18-19-13(16)4/h6-9,11,17H,5,10H2,1-4H3. The summed E-state index contributed by atoms with van der Waals surface area (Å²) in [5.74, 6) is 1.51. The van der Waals surface area contributed by atoms with E-state index in [9.17, 15) is 0 Å². The van der Waals surface area contributed by atoms with Crippen LogP contribution in [0.1, 0.15) is 48.8 Å². The lowest BCUT2D eigenvalue weighted by Crippen LogP contribution is -2.01. The molecule has 0 bridgehead atoms. The van der Waals surface area contributed by atoms with Gasteiger partial charge in [0.1, 0.15) is 5.76 Å². The summed E-state index contributed by atoms with van der Waals surface area (Å²) in [4.78, 5) is 0. The van der Waals surface area contributed by atoms with E-state index >= 15 is 0 Å². The average molecular weight is 258 g/mol. The van der Waals surface area contributed by atoms with E-state index in [1.807, 2.05) is 13.8 Å². The number of benzene rings is 1. The van der Waals surface area contributed by atoms with Crippen LogP contribution in [0.15, 0.2) is 28.8 Å². The minimum atomic E-state index is 0.622. The van der Waals surface area contributed by atoms with Gasteiger partial charge in [0.2, 0.25) is 0 Å². The fourth-order valence-electron chi connectivity index (χ4n) is 2.11. The number of rotatable bonds is 5. The molecule has 0 aliphatic rings. The summed E-state index contributed by atoms with van der Waals surface area (Å²) in [6.45, 7) is 9.15. The second kappa shape index (κ2) is 5.91. The molecule has 2 rings (SSSR count). The molecule has 0 spiro atoms. The van der Waals surface area contributed by atoms with Gasteiger partial charge < -0.3 is 9.84 Å². The molecule has 1 aromatic heterocycles. The number of anilines is 1. The Bertz CT molecular complexity index is 509. The lowest BCUT2D eigenvalue weighted by Gasteiger charge is -2.11. The Balaban J connectivity index is 2.01. The smallest absolute Gasteiger partial charge is 0.138 e. The highest BCUT2D eigenvalue weighted by Crippen LogP contribution is 2.21. The van der Waals surface area contributed by atoms with Crippen LogP contribution in [-0.4, -0.2) is 5.16 Å². The lowest BCUT2D eigenvalue weighted by atomic mass is 9.98. The zero-order valence-corrected chi connectivity index (χ0v) is 12.2. The molecule has 19 heavy (non-hydrogen) atoms. The molecule has 0 fully saturated rings. The van der Waals surface area contributed by atoms with Crippen LogP contribution >= 0.6 is 0 Å². The van der Waals surface area contributed by atoms with E-state index in [0.29, 0.717) is 5.92 Å². The van der Waals surface area contributed by atoms with Crippen LogP contribution in [-0.2, 0) is 6.54 Å². The van der Waals surface area contributed by atoms with Gasteiger partial charge in [-0.1, -0.05) is 31.1 Å². The molecule has 1 N–H and O–H groups in total. The highest BCUT2D eigenvalue weighted by Gasteiger charge is 2.08. The maximum absolute atomic E-state index is 5.16. The van der Waals surface area contributed by atoms with Crippen molar-refractivity contribution >= 4 is 5.69 Å². The van der Waals surface area contributed by atoms with Gasteiger partial charge >= 0.3 is 0 Å². The molecular formula is C16H22N2O. The molecular weight excluding hydrogens is 236 g/mol. The molecule has 3 heteroatoms. The van der Waals surface area contributed by atoms with Crippen LogP contribution in [0, 0.1) is 13.8 Å². The largest absolute Gasteiger partial charge is 0.381 e. The van der Waals surface area contributed by atoms with Gasteiger partial charge in [-0.3, -0.25) is 0 Å². The molecule has 1 atom stereocenters. The Morgan fingerprint density at radius 2 is 1.89 bits per heavy atom. The predicted molar refractivity (Wildman–Crippen MR) is 78.5 cm³/mol. The summed E-state index contributed by atoms with van der Waals surface area (Å²) in [6, 6.07) is 8.67. The highest BCUT2D eigenvalue weighted by atomic mass is 16.5. The number of nitrogens with one attached hydrogen (secondary N) is 1. The predicted octanol–water partition coefficient (Wildman–Crippen LogP) is 4.42. The van der Waals surface area contributed by atoms with E-state index in [4.69, 9.17) is 4.52 Å². The quantitative estimate of drug-likeness (QED) is 0.862. The molecule has 1 heterocycles. The maximum atomic E-state index is 5.16. The van der Waals surface area contributed by atoms with Crippen molar-refractivity contribution in [2.75, 3.05) is 5.32 Å². The molecule has 0 radical (unpaired) electrons. The molecule has 102 valence electrons. The molecule has 0 amide bonds. The summed E-state index contributed by atoms with van der Waals surface area (Å²) in [7, 11) is 0. The second-order valence-electron chi connectivity index (χ2n) is 5.09. The van der Waals surface area contributed by atoms with Crippen molar-refractivity contribution in [1.82, 2.24) is 5.16 Å². The first-order valence-corrected chi connectivity index (χ1v) is 6.87. The third-order valence-electron chi connectivity index (χ3n) is 3.74. The number of hydrogen-bond donors (Lipinski definition) is 1. The van der Waals surface area contributed by atoms with Gasteiger partial charge in [-0.25, -0.2) is 0 Å². The van der Waals surface area contributed by atoms with E-state index in [1.165, 1.54) is 12.0 Å². The minimum absolute atomic E-state index is 0.622. The van der Waals surface area contributed by atoms with Gasteiger partial charge in [-0.05, 0) is 43.9 Å². The van der Waals surface area contributed by atoms with Gasteiger partial charge in [0, 0.05) is 17.8 Å². The van der Waals surface area contributed by atoms with Crippen molar-refractivity contribution in [2.45, 2.75) is 46.6 Å². The Labute approximate surface area is 115 Å². The first-order valence-electron chi connectivity index (χ1n) is 6.87. The van der Waals surface area contributed by atoms with E-state index in [2.05, 4.69) is 48.6 Å². The topological polar surface area (TPSA) is 38.1 Å². The van der Waals surface area contributed by atoms with Crippen LogP contribution in [0.2, 0.25) is 0 Å². The Kier molecular flexibility index (Phi) is 4.25. The van der Waals surface area contributed by atoms with Crippen LogP contribution in [0.5, 0.6) is 0 Å². The maximum Gasteiger partial charge on any atom is 0.138 e. The monoisotopic (exact) mass is 258 g/mol. The normalized spacial score (nSPS) is 12.4. The number of aryl methyl sites for hydroxylation is 2. The van der Waals surface area contributed by atoms with Crippen molar-refractivity contribution in [1.29, 1.82) is 0 Å². The lowest BCUT2D eigenvalue weighted by molar-refractivity contribution is 0.392. The summed E-state index contributed by atoms with van der Waals surface area (Å²) in [5, 5.41) is 7.37. The van der Waals surface area contributed by atoms with Crippen molar-refractivity contribution in [3.63, 3.8) is 0 Å². The molecule has 1 unspecified atom stereocenters. The molecule has 0 aliphatic heterocycles. The summed E-state index contributed by atoms with van der Waals surface area (Å²) in [5.41, 5.74) is 4.63. The number of hydrogen-bond acceptors (Lipinski definition) is 3. The van der Waals surface area contributed by atoms with E-state index < -0.39 is 0 Å². The highest BCUT2D eigenvalue weighted by molar-refractivity contribution is 5.46. The van der Waals surface area contributed by atoms with Crippen molar-refractivity contribution < 1.29 is 4.52 Å². The first kappa shape index (κ1) is 13.7. The van der Waals surface area contributed by atoms with Crippen LogP contribution < -0.4 is 5.32 Å². The van der Waals surface area contributed by atoms with Crippen LogP contribution in [0.25, 0.3) is 0 Å². The Hall–Kier alpha value is -1.77. The van der Waals surface area contributed by atoms with E-state index in [1.54, 1.807) is 0 Å². The average Bonchev–Trinajstić information content (AvgIpc) is 2.75. The molecule has 0 saturated heterocycles. The molecule has 0 aliphatic carbocycles. The third kappa shape index (κ3) is 3.16. The minimum Gasteiger partial charge on any atom is -0.381 e. The summed E-state index contributed by atoms with van der Waals surface area (Å²) in [6.07, 6.45) is 1.17. The van der Waals surface area contributed by atoms with Crippen LogP contribution in [0.3, 0.4) is 0 Å². The van der Waals surface area contributed by atoms with E-state index in [-0.39, 0.29) is 0 Å². The van der Waals surface area contributed by atoms with Gasteiger partial charge in [-0.15, -0.1) is 0 Å². The van der Waals surface area contributed by atoms with Gasteiger partial charge in [0.05, 0.1) is 5.69 Å². The van der Waals surface area contributed by atoms with Crippen molar-refractivity contribution in [3.8, 4) is 0 Å². The van der Waals surface area contributed by atoms with Crippen LogP contribution in [0.4, 0.5) is 5.69 Å². The van der Waals surface area contributed by atoms with Gasteiger partial charge in [-0.2, -0.15) is 0 Å². The molecule has 1 aromatic carbocycles. The van der Waals surface area contributed by atoms with Gasteiger partial charge in [0.25, 0.3) is 0 Å². The fourth-order valence-corrected chi connectivity index (χ4v) is 2.11. The van der Waals surface area contributed by atoms with Crippen molar-refractivity contribution in [2.24, 2.45) is 0 Å². The van der Waals surface area contributed by atoms with E-state index in [0.717, 1.165) is 29.2 Å². The van der Waals surface area contributed by atoms with Gasteiger partial charge in [0.15, 0.2) is 0 Å². The number of aromatic nitrogens is 1. The summed E-state index contributed by atoms with van der Waals surface area (Å²) < 4.78 is 5.16. The molecule has 3 nitrogen and oxygen atoms in total. The zero-order valence-electron chi connectivity index (χ0n) is 12.2. The molecule has 0 saturated carbocycles. The zero-order chi connectivity index (χ0) is 13.8. The second-order valence-corrected chi connectivity index (χ2v) is 5.09. The SMILES string of the molecule is CCC(C)c1ccc(NCc2c(C)noc2C)cc1. The third-order valence-corrected chi connectivity index (χ3v) is 3.74. The van der Waals surface area contributed by atoms with Crippen molar-refractivity contribution in [3.05, 3.63) is 46.8 Å². The Morgan fingerprint density at radius 3 is 2.42 bits per heavy atom. The number of nitrogens with zero attached hydrogens (tertiary/aromatic N) is 1. The first-order chi connectivity index (χ1) is 9.11. The summed E-state index contributed by atoms with van der Waals surface area (Å²) >= 11 is 0.